The van der Waals surface area contributed by atoms with Crippen molar-refractivity contribution in [1.29, 1.82) is 0 Å². The Bertz CT molecular complexity index is 758. The van der Waals surface area contributed by atoms with Crippen LogP contribution in [0.15, 0.2) is 60.7 Å². The van der Waals surface area contributed by atoms with Gasteiger partial charge in [-0.2, -0.15) is 0 Å². The van der Waals surface area contributed by atoms with Gasteiger partial charge in [-0.25, -0.2) is 0 Å². The van der Waals surface area contributed by atoms with Crippen LogP contribution in [0.25, 0.3) is 0 Å². The lowest BCUT2D eigenvalue weighted by Gasteiger charge is -2.41. The second-order valence-electron chi connectivity index (χ2n) is 8.87. The molecule has 1 amide bonds. The average Bonchev–Trinajstić information content (AvgIpc) is 3.39. The van der Waals surface area contributed by atoms with E-state index in [9.17, 15) is 4.79 Å². The van der Waals surface area contributed by atoms with E-state index in [2.05, 4.69) is 70.5 Å². The third-order valence-corrected chi connectivity index (χ3v) is 7.28. The van der Waals surface area contributed by atoms with Gasteiger partial charge < -0.3 is 4.90 Å². The number of rotatable bonds is 4. The standard InChI is InChI=1S/C25H30N2O/c28-25(23-18-19-11-12-22(23)17-19)27-15-13-26(14-16-27)24(20-7-3-1-4-8-20)21-9-5-2-6-10-21/h1-10,19,22-24H,11-18H2/t19-,22-,23-/m0/s1. The summed E-state index contributed by atoms with van der Waals surface area (Å²) in [6.45, 7) is 3.62. The Hall–Kier alpha value is -2.13. The number of carbonyl (C=O) groups excluding carboxylic acids is 1. The molecular weight excluding hydrogens is 344 g/mol. The van der Waals surface area contributed by atoms with Gasteiger partial charge in [0, 0.05) is 32.1 Å². The molecule has 2 saturated carbocycles. The molecular formula is C25H30N2O. The van der Waals surface area contributed by atoms with Gasteiger partial charge in [-0.3, -0.25) is 9.69 Å². The zero-order valence-corrected chi connectivity index (χ0v) is 16.5. The van der Waals surface area contributed by atoms with Gasteiger partial charge in [0.1, 0.15) is 0 Å². The van der Waals surface area contributed by atoms with Crippen molar-refractivity contribution in [2.75, 3.05) is 26.2 Å². The molecule has 3 nitrogen and oxygen atoms in total. The maximum atomic E-state index is 13.1. The SMILES string of the molecule is O=C([C@H]1C[C@H]2CC[C@H]1C2)N1CCN(C(c2ccccc2)c2ccccc2)CC1. The van der Waals surface area contributed by atoms with E-state index < -0.39 is 0 Å². The molecule has 0 spiro atoms. The van der Waals surface area contributed by atoms with E-state index in [1.165, 1.54) is 30.4 Å². The normalized spacial score (nSPS) is 27.5. The fourth-order valence-corrected chi connectivity index (χ4v) is 5.87. The van der Waals surface area contributed by atoms with Gasteiger partial charge in [0.15, 0.2) is 0 Å². The number of carbonyl (C=O) groups is 1. The number of amides is 1. The minimum atomic E-state index is 0.266. The smallest absolute Gasteiger partial charge is 0.226 e. The van der Waals surface area contributed by atoms with Crippen LogP contribution in [0, 0.1) is 17.8 Å². The molecule has 0 radical (unpaired) electrons. The molecule has 2 bridgehead atoms. The Labute approximate surface area is 168 Å². The monoisotopic (exact) mass is 374 g/mol. The quantitative estimate of drug-likeness (QED) is 0.794. The predicted molar refractivity (Wildman–Crippen MR) is 112 cm³/mol. The molecule has 3 fully saturated rings. The van der Waals surface area contributed by atoms with Crippen LogP contribution >= 0.6 is 0 Å². The summed E-state index contributed by atoms with van der Waals surface area (Å²) in [5.41, 5.74) is 2.67. The third kappa shape index (κ3) is 3.37. The maximum absolute atomic E-state index is 13.1. The Morgan fingerprint density at radius 3 is 1.89 bits per heavy atom. The fraction of sp³-hybridized carbons (Fsp3) is 0.480. The zero-order chi connectivity index (χ0) is 18.9. The van der Waals surface area contributed by atoms with Crippen molar-refractivity contribution in [3.63, 3.8) is 0 Å². The molecule has 0 unspecified atom stereocenters. The highest BCUT2D eigenvalue weighted by Crippen LogP contribution is 2.49. The first-order valence-corrected chi connectivity index (χ1v) is 10.9. The Kier molecular flexibility index (Phi) is 4.94. The first kappa shape index (κ1) is 17.9. The highest BCUT2D eigenvalue weighted by atomic mass is 16.2. The van der Waals surface area contributed by atoms with Crippen LogP contribution < -0.4 is 0 Å². The predicted octanol–water partition coefficient (Wildman–Crippen LogP) is 4.36. The van der Waals surface area contributed by atoms with Crippen molar-refractivity contribution in [3.05, 3.63) is 71.8 Å². The van der Waals surface area contributed by atoms with Crippen molar-refractivity contribution >= 4 is 5.91 Å². The molecule has 1 aliphatic heterocycles. The van der Waals surface area contributed by atoms with Gasteiger partial charge >= 0.3 is 0 Å². The van der Waals surface area contributed by atoms with E-state index in [0.717, 1.165) is 38.5 Å². The second kappa shape index (κ2) is 7.71. The summed E-state index contributed by atoms with van der Waals surface area (Å²) in [5.74, 6) is 2.28. The molecule has 3 heteroatoms. The highest BCUT2D eigenvalue weighted by molar-refractivity contribution is 5.79. The molecule has 28 heavy (non-hydrogen) atoms. The number of hydrogen-bond acceptors (Lipinski definition) is 2. The minimum Gasteiger partial charge on any atom is -0.340 e. The van der Waals surface area contributed by atoms with Crippen molar-refractivity contribution in [3.8, 4) is 0 Å². The molecule has 1 saturated heterocycles. The number of fused-ring (bicyclic) bond motifs is 2. The number of nitrogens with zero attached hydrogens (tertiary/aromatic N) is 2. The minimum absolute atomic E-state index is 0.266. The van der Waals surface area contributed by atoms with Crippen LogP contribution in [0.1, 0.15) is 42.9 Å². The van der Waals surface area contributed by atoms with Crippen LogP contribution in [0.4, 0.5) is 0 Å². The van der Waals surface area contributed by atoms with Gasteiger partial charge in [0.05, 0.1) is 6.04 Å². The molecule has 1 heterocycles. The first-order chi connectivity index (χ1) is 13.8. The molecule has 2 aliphatic carbocycles. The summed E-state index contributed by atoms with van der Waals surface area (Å²) in [4.78, 5) is 17.8. The Balaban J connectivity index is 1.29. The molecule has 2 aromatic carbocycles. The number of hydrogen-bond donors (Lipinski definition) is 0. The summed E-state index contributed by atoms with van der Waals surface area (Å²) in [6, 6.07) is 21.8. The summed E-state index contributed by atoms with van der Waals surface area (Å²) < 4.78 is 0. The van der Waals surface area contributed by atoms with E-state index >= 15 is 0 Å². The fourth-order valence-electron chi connectivity index (χ4n) is 5.87. The van der Waals surface area contributed by atoms with E-state index in [4.69, 9.17) is 0 Å². The highest BCUT2D eigenvalue weighted by Gasteiger charge is 2.44. The molecule has 2 aromatic rings. The topological polar surface area (TPSA) is 23.6 Å². The van der Waals surface area contributed by atoms with Gasteiger partial charge in [0.2, 0.25) is 5.91 Å². The summed E-state index contributed by atoms with van der Waals surface area (Å²) in [6.07, 6.45) is 5.10. The van der Waals surface area contributed by atoms with Gasteiger partial charge in [0.25, 0.3) is 0 Å². The van der Waals surface area contributed by atoms with Gasteiger partial charge in [-0.15, -0.1) is 0 Å². The van der Waals surface area contributed by atoms with Crippen LogP contribution in [-0.4, -0.2) is 41.9 Å². The summed E-state index contributed by atoms with van der Waals surface area (Å²) in [7, 11) is 0. The van der Waals surface area contributed by atoms with Gasteiger partial charge in [-0.1, -0.05) is 67.1 Å². The lowest BCUT2D eigenvalue weighted by Crippen LogP contribution is -2.51. The molecule has 0 aromatic heterocycles. The van der Waals surface area contributed by atoms with E-state index in [0.29, 0.717) is 17.7 Å². The molecule has 3 aliphatic rings. The molecule has 3 atom stereocenters. The summed E-state index contributed by atoms with van der Waals surface area (Å²) in [5, 5.41) is 0. The third-order valence-electron chi connectivity index (χ3n) is 7.28. The van der Waals surface area contributed by atoms with Crippen LogP contribution in [0.2, 0.25) is 0 Å². The first-order valence-electron chi connectivity index (χ1n) is 10.9. The molecule has 0 N–H and O–H groups in total. The molecule has 5 rings (SSSR count). The zero-order valence-electron chi connectivity index (χ0n) is 16.5. The lowest BCUT2D eigenvalue weighted by molar-refractivity contribution is -0.139. The maximum Gasteiger partial charge on any atom is 0.226 e. The average molecular weight is 375 g/mol. The lowest BCUT2D eigenvalue weighted by atomic mass is 9.87. The summed E-state index contributed by atoms with van der Waals surface area (Å²) >= 11 is 0. The number of benzene rings is 2. The Morgan fingerprint density at radius 1 is 0.786 bits per heavy atom. The van der Waals surface area contributed by atoms with Crippen molar-refractivity contribution in [1.82, 2.24) is 9.80 Å². The van der Waals surface area contributed by atoms with E-state index in [-0.39, 0.29) is 6.04 Å². The van der Waals surface area contributed by atoms with Gasteiger partial charge in [-0.05, 0) is 42.2 Å². The van der Waals surface area contributed by atoms with Crippen molar-refractivity contribution in [2.24, 2.45) is 17.8 Å². The van der Waals surface area contributed by atoms with Crippen LogP contribution in [0.5, 0.6) is 0 Å². The van der Waals surface area contributed by atoms with Crippen LogP contribution in [-0.2, 0) is 4.79 Å². The molecule has 146 valence electrons. The second-order valence-corrected chi connectivity index (χ2v) is 8.87. The van der Waals surface area contributed by atoms with Crippen LogP contribution in [0.3, 0.4) is 0 Å². The van der Waals surface area contributed by atoms with Crippen molar-refractivity contribution < 1.29 is 4.79 Å². The van der Waals surface area contributed by atoms with Crippen molar-refractivity contribution in [2.45, 2.75) is 31.7 Å². The van der Waals surface area contributed by atoms with E-state index in [1.54, 1.807) is 0 Å². The largest absolute Gasteiger partial charge is 0.340 e. The van der Waals surface area contributed by atoms with E-state index in [1.807, 2.05) is 0 Å². The Morgan fingerprint density at radius 2 is 1.39 bits per heavy atom. The number of piperazine rings is 1.